The molecule has 2 rings (SSSR count). The molecule has 1 aromatic rings. The fourth-order valence-corrected chi connectivity index (χ4v) is 3.03. The molecule has 0 spiro atoms. The minimum absolute atomic E-state index is 0.0409. The SMILES string of the molecule is CC(C)(C)OC(=O)NCC1CCCN1CC(=O)c1nccs1. The van der Waals surface area contributed by atoms with Gasteiger partial charge in [0.05, 0.1) is 6.54 Å². The van der Waals surface area contributed by atoms with Gasteiger partial charge in [0.25, 0.3) is 0 Å². The highest BCUT2D eigenvalue weighted by Gasteiger charge is 2.28. The largest absolute Gasteiger partial charge is 0.444 e. The van der Waals surface area contributed by atoms with E-state index < -0.39 is 11.7 Å². The van der Waals surface area contributed by atoms with Gasteiger partial charge in [-0.05, 0) is 40.2 Å². The Balaban J connectivity index is 1.81. The number of hydrogen-bond donors (Lipinski definition) is 1. The van der Waals surface area contributed by atoms with Gasteiger partial charge < -0.3 is 10.1 Å². The van der Waals surface area contributed by atoms with Crippen LogP contribution in [0, 0.1) is 0 Å². The van der Waals surface area contributed by atoms with Crippen LogP contribution in [0.4, 0.5) is 4.79 Å². The van der Waals surface area contributed by atoms with Crippen molar-refractivity contribution in [3.8, 4) is 0 Å². The third-order valence-corrected chi connectivity index (χ3v) is 4.21. The average Bonchev–Trinajstić information content (AvgIpc) is 3.05. The van der Waals surface area contributed by atoms with Crippen LogP contribution in [0.15, 0.2) is 11.6 Å². The number of ether oxygens (including phenoxy) is 1. The van der Waals surface area contributed by atoms with Crippen LogP contribution in [0.25, 0.3) is 0 Å². The normalized spacial score (nSPS) is 19.1. The zero-order valence-electron chi connectivity index (χ0n) is 13.3. The summed E-state index contributed by atoms with van der Waals surface area (Å²) in [5.41, 5.74) is -0.500. The summed E-state index contributed by atoms with van der Waals surface area (Å²) in [6.45, 7) is 7.23. The van der Waals surface area contributed by atoms with Gasteiger partial charge in [-0.15, -0.1) is 11.3 Å². The summed E-state index contributed by atoms with van der Waals surface area (Å²) in [4.78, 5) is 30.0. The predicted octanol–water partition coefficient (Wildman–Crippen LogP) is 2.31. The third kappa shape index (κ3) is 5.06. The van der Waals surface area contributed by atoms with E-state index in [2.05, 4.69) is 15.2 Å². The smallest absolute Gasteiger partial charge is 0.407 e. The summed E-state index contributed by atoms with van der Waals surface area (Å²) >= 11 is 1.36. The number of alkyl carbamates (subject to hydrolysis) is 1. The Labute approximate surface area is 134 Å². The first kappa shape index (κ1) is 16.9. The van der Waals surface area contributed by atoms with Gasteiger partial charge in [0, 0.05) is 24.2 Å². The molecule has 1 fully saturated rings. The van der Waals surface area contributed by atoms with Gasteiger partial charge in [-0.3, -0.25) is 9.69 Å². The molecule has 6 nitrogen and oxygen atoms in total. The van der Waals surface area contributed by atoms with Crippen LogP contribution in [-0.4, -0.2) is 53.0 Å². The van der Waals surface area contributed by atoms with Gasteiger partial charge in [-0.25, -0.2) is 9.78 Å². The maximum absolute atomic E-state index is 12.1. The van der Waals surface area contributed by atoms with Gasteiger partial charge >= 0.3 is 6.09 Å². The molecule has 22 heavy (non-hydrogen) atoms. The van der Waals surface area contributed by atoms with E-state index in [1.165, 1.54) is 11.3 Å². The van der Waals surface area contributed by atoms with Crippen LogP contribution in [-0.2, 0) is 4.74 Å². The second kappa shape index (κ2) is 7.19. The van der Waals surface area contributed by atoms with Crippen molar-refractivity contribution in [2.45, 2.75) is 45.3 Å². The van der Waals surface area contributed by atoms with E-state index in [0.717, 1.165) is 19.4 Å². The standard InChI is InChI=1S/C15H23N3O3S/c1-15(2,3)21-14(20)17-9-11-5-4-7-18(11)10-12(19)13-16-6-8-22-13/h6,8,11H,4-5,7,9-10H2,1-3H3,(H,17,20). The van der Waals surface area contributed by atoms with Crippen LogP contribution in [0.5, 0.6) is 0 Å². The third-order valence-electron chi connectivity index (χ3n) is 3.40. The molecule has 0 saturated carbocycles. The molecule has 1 N–H and O–H groups in total. The molecular weight excluding hydrogens is 302 g/mol. The number of nitrogens with zero attached hydrogens (tertiary/aromatic N) is 2. The molecule has 2 heterocycles. The van der Waals surface area contributed by atoms with Crippen molar-refractivity contribution in [3.63, 3.8) is 0 Å². The second-order valence-corrected chi connectivity index (χ2v) is 7.30. The number of thiazole rings is 1. The van der Waals surface area contributed by atoms with Crippen molar-refractivity contribution in [1.82, 2.24) is 15.2 Å². The highest BCUT2D eigenvalue weighted by Crippen LogP contribution is 2.18. The van der Waals surface area contributed by atoms with Crippen LogP contribution in [0.3, 0.4) is 0 Å². The van der Waals surface area contributed by atoms with E-state index >= 15 is 0 Å². The molecular formula is C15H23N3O3S. The van der Waals surface area contributed by atoms with Gasteiger partial charge in [0.15, 0.2) is 5.01 Å². The topological polar surface area (TPSA) is 71.5 Å². The number of Topliss-reactive ketones (excluding diaryl/α,β-unsaturated/α-hetero) is 1. The lowest BCUT2D eigenvalue weighted by Crippen LogP contribution is -2.43. The fourth-order valence-electron chi connectivity index (χ4n) is 2.46. The van der Waals surface area contributed by atoms with Gasteiger partial charge in [-0.2, -0.15) is 0 Å². The molecule has 1 atom stereocenters. The van der Waals surface area contributed by atoms with Crippen LogP contribution < -0.4 is 5.32 Å². The number of ketones is 1. The summed E-state index contributed by atoms with van der Waals surface area (Å²) in [6, 6.07) is 0.177. The van der Waals surface area contributed by atoms with E-state index in [-0.39, 0.29) is 11.8 Å². The summed E-state index contributed by atoms with van der Waals surface area (Å²) in [5.74, 6) is 0.0409. The minimum atomic E-state index is -0.500. The highest BCUT2D eigenvalue weighted by molar-refractivity contribution is 7.11. The lowest BCUT2D eigenvalue weighted by atomic mass is 10.2. The summed E-state index contributed by atoms with van der Waals surface area (Å²) in [6.07, 6.45) is 3.24. The Morgan fingerprint density at radius 1 is 1.50 bits per heavy atom. The van der Waals surface area contributed by atoms with E-state index in [9.17, 15) is 9.59 Å². The zero-order valence-corrected chi connectivity index (χ0v) is 14.1. The fraction of sp³-hybridized carbons (Fsp3) is 0.667. The number of nitrogens with one attached hydrogen (secondary N) is 1. The molecule has 0 radical (unpaired) electrons. The number of carbonyl (C=O) groups excluding carboxylic acids is 2. The molecule has 122 valence electrons. The monoisotopic (exact) mass is 325 g/mol. The maximum atomic E-state index is 12.1. The minimum Gasteiger partial charge on any atom is -0.444 e. The van der Waals surface area contributed by atoms with Crippen LogP contribution in [0.2, 0.25) is 0 Å². The number of carbonyl (C=O) groups is 2. The first-order valence-electron chi connectivity index (χ1n) is 7.49. The molecule has 1 unspecified atom stereocenters. The van der Waals surface area contributed by atoms with E-state index in [1.54, 1.807) is 11.6 Å². The summed E-state index contributed by atoms with van der Waals surface area (Å²) < 4.78 is 5.23. The van der Waals surface area contributed by atoms with Crippen molar-refractivity contribution < 1.29 is 14.3 Å². The molecule has 7 heteroatoms. The molecule has 0 aliphatic carbocycles. The predicted molar refractivity (Wildman–Crippen MR) is 85.3 cm³/mol. The van der Waals surface area contributed by atoms with Crippen LogP contribution >= 0.6 is 11.3 Å². The average molecular weight is 325 g/mol. The Hall–Kier alpha value is -1.47. The number of aromatic nitrogens is 1. The van der Waals surface area contributed by atoms with E-state index in [1.807, 2.05) is 20.8 Å². The quantitative estimate of drug-likeness (QED) is 0.841. The second-order valence-electron chi connectivity index (χ2n) is 6.41. The van der Waals surface area contributed by atoms with Crippen molar-refractivity contribution in [2.24, 2.45) is 0 Å². The molecule has 1 aromatic heterocycles. The Morgan fingerprint density at radius 3 is 2.91 bits per heavy atom. The molecule has 1 saturated heterocycles. The van der Waals surface area contributed by atoms with E-state index in [0.29, 0.717) is 18.1 Å². The molecule has 1 amide bonds. The Bertz CT molecular complexity index is 511. The van der Waals surface area contributed by atoms with Crippen molar-refractivity contribution in [1.29, 1.82) is 0 Å². The zero-order chi connectivity index (χ0) is 16.2. The van der Waals surface area contributed by atoms with Crippen molar-refractivity contribution >= 4 is 23.2 Å². The number of likely N-dealkylation sites (tertiary alicyclic amines) is 1. The number of hydrogen-bond acceptors (Lipinski definition) is 6. The lowest BCUT2D eigenvalue weighted by molar-refractivity contribution is 0.0514. The van der Waals surface area contributed by atoms with E-state index in [4.69, 9.17) is 4.74 Å². The Morgan fingerprint density at radius 2 is 2.27 bits per heavy atom. The lowest BCUT2D eigenvalue weighted by Gasteiger charge is -2.25. The van der Waals surface area contributed by atoms with Gasteiger partial charge in [0.2, 0.25) is 5.78 Å². The van der Waals surface area contributed by atoms with Gasteiger partial charge in [-0.1, -0.05) is 0 Å². The molecule has 1 aliphatic heterocycles. The molecule has 0 bridgehead atoms. The van der Waals surface area contributed by atoms with Gasteiger partial charge in [0.1, 0.15) is 5.60 Å². The van der Waals surface area contributed by atoms with Crippen LogP contribution in [0.1, 0.15) is 43.4 Å². The first-order chi connectivity index (χ1) is 10.3. The molecule has 0 aromatic carbocycles. The highest BCUT2D eigenvalue weighted by atomic mass is 32.1. The van der Waals surface area contributed by atoms with Crippen molar-refractivity contribution in [3.05, 3.63) is 16.6 Å². The van der Waals surface area contributed by atoms with Crippen molar-refractivity contribution in [2.75, 3.05) is 19.6 Å². The summed E-state index contributed by atoms with van der Waals surface area (Å²) in [5, 5.41) is 5.14. The number of amides is 1. The first-order valence-corrected chi connectivity index (χ1v) is 8.37. The molecule has 1 aliphatic rings. The Kier molecular flexibility index (Phi) is 5.52. The number of rotatable bonds is 5. The maximum Gasteiger partial charge on any atom is 0.407 e. The summed E-state index contributed by atoms with van der Waals surface area (Å²) in [7, 11) is 0.